The summed E-state index contributed by atoms with van der Waals surface area (Å²) in [6.07, 6.45) is 1.76. The summed E-state index contributed by atoms with van der Waals surface area (Å²) in [5.74, 6) is -0.398. The van der Waals surface area contributed by atoms with E-state index in [4.69, 9.17) is 15.7 Å². The quantitative estimate of drug-likeness (QED) is 0.620. The molecule has 1 unspecified atom stereocenters. The van der Waals surface area contributed by atoms with Gasteiger partial charge in [0.05, 0.1) is 18.6 Å². The molecule has 0 fully saturated rings. The lowest BCUT2D eigenvalue weighted by atomic mass is 10.1. The van der Waals surface area contributed by atoms with Crippen LogP contribution in [-0.4, -0.2) is 19.1 Å². The van der Waals surface area contributed by atoms with E-state index in [1.807, 2.05) is 13.0 Å². The van der Waals surface area contributed by atoms with Crippen LogP contribution in [0.1, 0.15) is 26.2 Å². The standard InChI is InChI=1S/C9H16N2O2/c1-2-3-9(12)13-5-4-8(6-10)7-11/h8H,2-6,10H2,1H3. The van der Waals surface area contributed by atoms with E-state index in [9.17, 15) is 4.79 Å². The zero-order valence-corrected chi connectivity index (χ0v) is 7.95. The van der Waals surface area contributed by atoms with Crippen molar-refractivity contribution < 1.29 is 9.53 Å². The van der Waals surface area contributed by atoms with E-state index in [2.05, 4.69) is 0 Å². The van der Waals surface area contributed by atoms with Gasteiger partial charge in [-0.3, -0.25) is 4.79 Å². The maximum Gasteiger partial charge on any atom is 0.305 e. The molecule has 0 aromatic rings. The molecule has 2 N–H and O–H groups in total. The van der Waals surface area contributed by atoms with Crippen LogP contribution in [0.25, 0.3) is 0 Å². The molecule has 0 saturated carbocycles. The van der Waals surface area contributed by atoms with Crippen molar-refractivity contribution >= 4 is 5.97 Å². The Labute approximate surface area is 78.7 Å². The Hall–Kier alpha value is -1.08. The van der Waals surface area contributed by atoms with Gasteiger partial charge < -0.3 is 10.5 Å². The van der Waals surface area contributed by atoms with Gasteiger partial charge in [-0.2, -0.15) is 5.26 Å². The van der Waals surface area contributed by atoms with Crippen molar-refractivity contribution in [3.8, 4) is 6.07 Å². The SMILES string of the molecule is CCCC(=O)OCCC(C#N)CN. The average Bonchev–Trinajstić information content (AvgIpc) is 2.13. The van der Waals surface area contributed by atoms with Crippen LogP contribution in [-0.2, 0) is 9.53 Å². The molecule has 0 bridgehead atoms. The van der Waals surface area contributed by atoms with Crippen molar-refractivity contribution in [1.29, 1.82) is 5.26 Å². The molecule has 74 valence electrons. The normalized spacial score (nSPS) is 11.8. The first kappa shape index (κ1) is 11.9. The van der Waals surface area contributed by atoms with Gasteiger partial charge in [-0.05, 0) is 12.8 Å². The molecule has 0 saturated heterocycles. The number of hydrogen-bond acceptors (Lipinski definition) is 4. The fraction of sp³-hybridized carbons (Fsp3) is 0.778. The molecule has 0 heterocycles. The third-order valence-corrected chi connectivity index (χ3v) is 1.65. The maximum absolute atomic E-state index is 10.9. The number of rotatable bonds is 6. The number of nitrogens with two attached hydrogens (primary N) is 1. The molecule has 0 aliphatic rings. The summed E-state index contributed by atoms with van der Waals surface area (Å²) in [5.41, 5.74) is 5.30. The Balaban J connectivity index is 3.44. The lowest BCUT2D eigenvalue weighted by Crippen LogP contribution is -2.16. The second kappa shape index (κ2) is 7.56. The second-order valence-corrected chi connectivity index (χ2v) is 2.82. The van der Waals surface area contributed by atoms with Gasteiger partial charge in [0.15, 0.2) is 0 Å². The van der Waals surface area contributed by atoms with Crippen molar-refractivity contribution in [2.24, 2.45) is 11.7 Å². The molecule has 0 spiro atoms. The molecular formula is C9H16N2O2. The van der Waals surface area contributed by atoms with Gasteiger partial charge in [0.2, 0.25) is 0 Å². The Morgan fingerprint density at radius 2 is 2.38 bits per heavy atom. The predicted octanol–water partition coefficient (Wildman–Crippen LogP) is 0.818. The lowest BCUT2D eigenvalue weighted by molar-refractivity contribution is -0.143. The van der Waals surface area contributed by atoms with Crippen LogP contribution < -0.4 is 5.73 Å². The highest BCUT2D eigenvalue weighted by Gasteiger charge is 2.06. The molecule has 0 aromatic carbocycles. The monoisotopic (exact) mass is 184 g/mol. The first-order chi connectivity index (χ1) is 6.24. The summed E-state index contributed by atoms with van der Waals surface area (Å²) < 4.78 is 4.87. The zero-order valence-electron chi connectivity index (χ0n) is 7.95. The van der Waals surface area contributed by atoms with Crippen molar-refractivity contribution in [2.45, 2.75) is 26.2 Å². The highest BCUT2D eigenvalue weighted by molar-refractivity contribution is 5.69. The predicted molar refractivity (Wildman–Crippen MR) is 48.6 cm³/mol. The molecule has 0 rings (SSSR count). The van der Waals surface area contributed by atoms with E-state index in [0.29, 0.717) is 26.0 Å². The van der Waals surface area contributed by atoms with Crippen LogP contribution in [0.15, 0.2) is 0 Å². The van der Waals surface area contributed by atoms with Gasteiger partial charge in [-0.15, -0.1) is 0 Å². The number of carbonyl (C=O) groups is 1. The molecular weight excluding hydrogens is 168 g/mol. The minimum absolute atomic E-state index is 0.198. The topological polar surface area (TPSA) is 76.1 Å². The molecule has 4 heteroatoms. The van der Waals surface area contributed by atoms with E-state index in [0.717, 1.165) is 6.42 Å². The van der Waals surface area contributed by atoms with Crippen LogP contribution in [0.4, 0.5) is 0 Å². The summed E-state index contributed by atoms with van der Waals surface area (Å²) in [5, 5.41) is 8.52. The number of nitriles is 1. The van der Waals surface area contributed by atoms with Crippen LogP contribution in [0.2, 0.25) is 0 Å². The van der Waals surface area contributed by atoms with Gasteiger partial charge in [0.25, 0.3) is 0 Å². The number of hydrogen-bond donors (Lipinski definition) is 1. The van der Waals surface area contributed by atoms with Crippen molar-refractivity contribution in [3.63, 3.8) is 0 Å². The fourth-order valence-electron chi connectivity index (χ4n) is 0.826. The summed E-state index contributed by atoms with van der Waals surface area (Å²) in [6.45, 7) is 2.54. The first-order valence-electron chi connectivity index (χ1n) is 4.49. The average molecular weight is 184 g/mol. The molecule has 0 aliphatic carbocycles. The minimum atomic E-state index is -0.200. The number of nitrogens with zero attached hydrogens (tertiary/aromatic N) is 1. The number of esters is 1. The van der Waals surface area contributed by atoms with Crippen LogP contribution in [0.3, 0.4) is 0 Å². The van der Waals surface area contributed by atoms with Crippen LogP contribution >= 0.6 is 0 Å². The first-order valence-corrected chi connectivity index (χ1v) is 4.49. The summed E-state index contributed by atoms with van der Waals surface area (Å²) >= 11 is 0. The zero-order chi connectivity index (χ0) is 10.1. The molecule has 1 atom stereocenters. The molecule has 0 aromatic heterocycles. The van der Waals surface area contributed by atoms with E-state index in [1.165, 1.54) is 0 Å². The van der Waals surface area contributed by atoms with Gasteiger partial charge in [-0.1, -0.05) is 6.92 Å². The Morgan fingerprint density at radius 1 is 1.69 bits per heavy atom. The van der Waals surface area contributed by atoms with E-state index < -0.39 is 0 Å². The fourth-order valence-corrected chi connectivity index (χ4v) is 0.826. The minimum Gasteiger partial charge on any atom is -0.466 e. The summed E-state index contributed by atoms with van der Waals surface area (Å²) in [6, 6.07) is 2.04. The largest absolute Gasteiger partial charge is 0.466 e. The van der Waals surface area contributed by atoms with E-state index >= 15 is 0 Å². The maximum atomic E-state index is 10.9. The van der Waals surface area contributed by atoms with Crippen LogP contribution in [0, 0.1) is 17.2 Å². The van der Waals surface area contributed by atoms with Crippen molar-refractivity contribution in [3.05, 3.63) is 0 Å². The summed E-state index contributed by atoms with van der Waals surface area (Å²) in [7, 11) is 0. The van der Waals surface area contributed by atoms with Gasteiger partial charge in [0.1, 0.15) is 0 Å². The van der Waals surface area contributed by atoms with Gasteiger partial charge in [0, 0.05) is 13.0 Å². The third-order valence-electron chi connectivity index (χ3n) is 1.65. The van der Waals surface area contributed by atoms with Gasteiger partial charge >= 0.3 is 5.97 Å². The Bertz CT molecular complexity index is 187. The lowest BCUT2D eigenvalue weighted by Gasteiger charge is -2.06. The number of carbonyl (C=O) groups excluding carboxylic acids is 1. The second-order valence-electron chi connectivity index (χ2n) is 2.82. The molecule has 0 amide bonds. The molecule has 13 heavy (non-hydrogen) atoms. The highest BCUT2D eigenvalue weighted by atomic mass is 16.5. The molecule has 4 nitrogen and oxygen atoms in total. The molecule has 0 radical (unpaired) electrons. The Morgan fingerprint density at radius 3 is 2.85 bits per heavy atom. The van der Waals surface area contributed by atoms with Crippen molar-refractivity contribution in [1.82, 2.24) is 0 Å². The van der Waals surface area contributed by atoms with E-state index in [-0.39, 0.29) is 11.9 Å². The van der Waals surface area contributed by atoms with Crippen molar-refractivity contribution in [2.75, 3.05) is 13.2 Å². The smallest absolute Gasteiger partial charge is 0.305 e. The van der Waals surface area contributed by atoms with E-state index in [1.54, 1.807) is 0 Å². The highest BCUT2D eigenvalue weighted by Crippen LogP contribution is 2.00. The number of ether oxygens (including phenoxy) is 1. The third kappa shape index (κ3) is 6.12. The van der Waals surface area contributed by atoms with Crippen LogP contribution in [0.5, 0.6) is 0 Å². The summed E-state index contributed by atoms with van der Waals surface area (Å²) in [4.78, 5) is 10.9. The Kier molecular flexibility index (Phi) is 6.93. The van der Waals surface area contributed by atoms with Gasteiger partial charge in [-0.25, -0.2) is 0 Å². The molecule has 0 aliphatic heterocycles.